The minimum atomic E-state index is 0.173. The Kier molecular flexibility index (Phi) is 5.76. The van der Waals surface area contributed by atoms with Gasteiger partial charge in [-0.05, 0) is 45.2 Å². The van der Waals surface area contributed by atoms with Gasteiger partial charge in [-0.15, -0.1) is 0 Å². The van der Waals surface area contributed by atoms with Gasteiger partial charge in [0.1, 0.15) is 0 Å². The molecule has 0 bridgehead atoms. The van der Waals surface area contributed by atoms with Crippen molar-refractivity contribution in [2.45, 2.75) is 40.0 Å². The third-order valence-corrected chi connectivity index (χ3v) is 4.05. The monoisotopic (exact) mass is 295 g/mol. The average Bonchev–Trinajstić information content (AvgIpc) is 2.52. The van der Waals surface area contributed by atoms with E-state index in [-0.39, 0.29) is 11.7 Å². The molecule has 0 amide bonds. The first-order valence-corrected chi connectivity index (χ1v) is 8.04. The van der Waals surface area contributed by atoms with Crippen molar-refractivity contribution in [2.75, 3.05) is 4.90 Å². The van der Waals surface area contributed by atoms with Crippen LogP contribution in [0.3, 0.4) is 0 Å². The summed E-state index contributed by atoms with van der Waals surface area (Å²) in [6, 6.07) is 10.2. The van der Waals surface area contributed by atoms with Gasteiger partial charge in [0, 0.05) is 29.1 Å². The highest BCUT2D eigenvalue weighted by molar-refractivity contribution is 5.96. The van der Waals surface area contributed by atoms with E-state index in [1.165, 1.54) is 0 Å². The van der Waals surface area contributed by atoms with Gasteiger partial charge in [-0.2, -0.15) is 0 Å². The number of anilines is 1. The van der Waals surface area contributed by atoms with Crippen LogP contribution in [0.25, 0.3) is 0 Å². The van der Waals surface area contributed by atoms with Crippen molar-refractivity contribution in [3.05, 3.63) is 66.0 Å². The molecule has 1 aromatic rings. The number of hydrogen-bond acceptors (Lipinski definition) is 2. The van der Waals surface area contributed by atoms with E-state index in [2.05, 4.69) is 48.4 Å². The van der Waals surface area contributed by atoms with Crippen LogP contribution in [0.1, 0.15) is 40.0 Å². The van der Waals surface area contributed by atoms with Crippen LogP contribution in [0.5, 0.6) is 0 Å². The summed E-state index contributed by atoms with van der Waals surface area (Å²) in [6.45, 7) is 5.86. The molecule has 1 aromatic carbocycles. The highest BCUT2D eigenvalue weighted by Crippen LogP contribution is 2.32. The minimum absolute atomic E-state index is 0.173. The zero-order valence-electron chi connectivity index (χ0n) is 13.8. The molecule has 0 aliphatic carbocycles. The maximum atomic E-state index is 12.1. The van der Waals surface area contributed by atoms with Crippen LogP contribution in [0, 0.1) is 5.92 Å². The molecule has 0 N–H and O–H groups in total. The summed E-state index contributed by atoms with van der Waals surface area (Å²) in [5.41, 5.74) is 3.08. The quantitative estimate of drug-likeness (QED) is 0.668. The first-order chi connectivity index (χ1) is 10.6. The fourth-order valence-electron chi connectivity index (χ4n) is 2.98. The summed E-state index contributed by atoms with van der Waals surface area (Å²) in [6.07, 6.45) is 11.7. The van der Waals surface area contributed by atoms with Crippen molar-refractivity contribution < 1.29 is 4.79 Å². The van der Waals surface area contributed by atoms with Crippen molar-refractivity contribution in [3.63, 3.8) is 0 Å². The fourth-order valence-corrected chi connectivity index (χ4v) is 2.98. The van der Waals surface area contributed by atoms with Crippen LogP contribution in [0.15, 0.2) is 66.0 Å². The second-order valence-electron chi connectivity index (χ2n) is 5.67. The number of benzene rings is 1. The Morgan fingerprint density at radius 1 is 1.23 bits per heavy atom. The summed E-state index contributed by atoms with van der Waals surface area (Å²) in [7, 11) is 0. The lowest BCUT2D eigenvalue weighted by Crippen LogP contribution is -2.25. The normalized spacial score (nSPS) is 18.3. The molecule has 0 saturated heterocycles. The van der Waals surface area contributed by atoms with Gasteiger partial charge in [0.15, 0.2) is 5.78 Å². The Morgan fingerprint density at radius 3 is 2.59 bits per heavy atom. The molecule has 0 aromatic heterocycles. The summed E-state index contributed by atoms with van der Waals surface area (Å²) < 4.78 is 0. The molecule has 0 unspecified atom stereocenters. The van der Waals surface area contributed by atoms with Crippen molar-refractivity contribution in [2.24, 2.45) is 5.92 Å². The molecule has 0 spiro atoms. The number of rotatable bonds is 6. The van der Waals surface area contributed by atoms with Crippen molar-refractivity contribution in [1.29, 1.82) is 0 Å². The van der Waals surface area contributed by atoms with Crippen molar-refractivity contribution in [1.82, 2.24) is 0 Å². The molecular weight excluding hydrogens is 270 g/mol. The first-order valence-electron chi connectivity index (χ1n) is 8.04. The Labute approximate surface area is 133 Å². The summed E-state index contributed by atoms with van der Waals surface area (Å²) in [4.78, 5) is 14.3. The Balaban J connectivity index is 2.23. The fraction of sp³-hybridized carbons (Fsp3) is 0.350. The van der Waals surface area contributed by atoms with Gasteiger partial charge in [0.25, 0.3) is 0 Å². The van der Waals surface area contributed by atoms with Crippen LogP contribution in [0.4, 0.5) is 5.69 Å². The molecule has 0 saturated carbocycles. The largest absolute Gasteiger partial charge is 0.321 e. The van der Waals surface area contributed by atoms with Gasteiger partial charge >= 0.3 is 0 Å². The van der Waals surface area contributed by atoms with Gasteiger partial charge in [0.2, 0.25) is 0 Å². The Bertz CT molecular complexity index is 595. The zero-order valence-corrected chi connectivity index (χ0v) is 13.8. The van der Waals surface area contributed by atoms with Crippen LogP contribution >= 0.6 is 0 Å². The second kappa shape index (κ2) is 7.79. The predicted octanol–water partition coefficient (Wildman–Crippen LogP) is 5.25. The number of hydrogen-bond donors (Lipinski definition) is 0. The van der Waals surface area contributed by atoms with E-state index in [1.54, 1.807) is 6.92 Å². The number of para-hydroxylation sites is 1. The van der Waals surface area contributed by atoms with E-state index in [0.29, 0.717) is 0 Å². The lowest BCUT2D eigenvalue weighted by atomic mass is 9.87. The zero-order chi connectivity index (χ0) is 15.9. The van der Waals surface area contributed by atoms with Crippen LogP contribution in [0.2, 0.25) is 0 Å². The van der Waals surface area contributed by atoms with Gasteiger partial charge in [0.05, 0.1) is 0 Å². The Morgan fingerprint density at radius 2 is 1.95 bits per heavy atom. The number of Topliss-reactive ketones (excluding diaryl/α,β-unsaturated/α-hetero) is 1. The van der Waals surface area contributed by atoms with Crippen molar-refractivity contribution in [3.8, 4) is 0 Å². The molecule has 1 aliphatic heterocycles. The maximum absolute atomic E-state index is 12.1. The van der Waals surface area contributed by atoms with Gasteiger partial charge in [-0.25, -0.2) is 0 Å². The number of carbonyl (C=O) groups excluding carboxylic acids is 1. The van der Waals surface area contributed by atoms with Crippen LogP contribution in [-0.4, -0.2) is 5.78 Å². The highest BCUT2D eigenvalue weighted by Gasteiger charge is 2.24. The van der Waals surface area contributed by atoms with Gasteiger partial charge < -0.3 is 4.90 Å². The van der Waals surface area contributed by atoms with Crippen LogP contribution in [-0.2, 0) is 4.79 Å². The molecular formula is C20H25NO. The maximum Gasteiger partial charge on any atom is 0.158 e. The molecule has 2 rings (SSSR count). The smallest absolute Gasteiger partial charge is 0.158 e. The third kappa shape index (κ3) is 3.76. The molecule has 1 aliphatic rings. The topological polar surface area (TPSA) is 20.3 Å². The molecule has 116 valence electrons. The first kappa shape index (κ1) is 16.3. The molecule has 22 heavy (non-hydrogen) atoms. The molecule has 0 radical (unpaired) electrons. The van der Waals surface area contributed by atoms with Crippen LogP contribution < -0.4 is 4.90 Å². The number of carbonyl (C=O) groups is 1. The van der Waals surface area contributed by atoms with E-state index in [4.69, 9.17) is 0 Å². The molecule has 2 heteroatoms. The lowest BCUT2D eigenvalue weighted by molar-refractivity contribution is -0.114. The summed E-state index contributed by atoms with van der Waals surface area (Å²) in [5.74, 6) is 0.395. The highest BCUT2D eigenvalue weighted by atomic mass is 16.1. The number of nitrogens with zero attached hydrogens (tertiary/aromatic N) is 1. The lowest BCUT2D eigenvalue weighted by Gasteiger charge is -2.31. The molecule has 1 heterocycles. The molecule has 1 atom stereocenters. The number of allylic oxidation sites excluding steroid dienone is 5. The summed E-state index contributed by atoms with van der Waals surface area (Å²) in [5, 5.41) is 0. The average molecular weight is 295 g/mol. The van der Waals surface area contributed by atoms with Gasteiger partial charge in [-0.1, -0.05) is 43.4 Å². The number of ketones is 1. The van der Waals surface area contributed by atoms with E-state index >= 15 is 0 Å². The standard InChI is InChI=1S/C20H25NO/c1-4-5-6-8-11-18-14-15-21(16(2)20(18)17(3)22)19-12-9-7-10-13-19/h5-7,9-10,12-15,18H,4,8,11H2,1-3H3/b6-5-/t18-/m1/s1. The minimum Gasteiger partial charge on any atom is -0.321 e. The molecule has 2 nitrogen and oxygen atoms in total. The second-order valence-corrected chi connectivity index (χ2v) is 5.67. The van der Waals surface area contributed by atoms with E-state index < -0.39 is 0 Å². The summed E-state index contributed by atoms with van der Waals surface area (Å²) >= 11 is 0. The van der Waals surface area contributed by atoms with Gasteiger partial charge in [-0.3, -0.25) is 4.79 Å². The van der Waals surface area contributed by atoms with Crippen molar-refractivity contribution >= 4 is 11.5 Å². The van der Waals surface area contributed by atoms with E-state index in [1.807, 2.05) is 25.1 Å². The third-order valence-electron chi connectivity index (χ3n) is 4.05. The molecule has 0 fully saturated rings. The van der Waals surface area contributed by atoms with E-state index in [0.717, 1.165) is 36.2 Å². The SMILES string of the molecule is CC/C=C\CC[C@@H]1C=CN(c2ccccc2)C(C)=C1C(C)=O. The predicted molar refractivity (Wildman–Crippen MR) is 93.6 cm³/mol. The Hall–Kier alpha value is -2.09. The van der Waals surface area contributed by atoms with E-state index in [9.17, 15) is 4.79 Å².